The second-order valence-electron chi connectivity index (χ2n) is 9.02. The maximum atomic E-state index is 13.2. The molecule has 160 valence electrons. The van der Waals surface area contributed by atoms with Crippen LogP contribution in [0.25, 0.3) is 16.6 Å². The number of hydrogen-bond donors (Lipinski definition) is 0. The van der Waals surface area contributed by atoms with Gasteiger partial charge in [0.05, 0.1) is 33.2 Å². The summed E-state index contributed by atoms with van der Waals surface area (Å²) in [6.07, 6.45) is 1.76. The molecule has 0 spiro atoms. The minimum absolute atomic E-state index is 0.0292. The standard InChI is InChI=1S/C25H27N3O2S/c1-17-8-13-23(22-7-6-14-26-24(17)22)28-20(15-18(2)27-28)16-31(29,30)21-11-9-19(10-12-21)25(3,4)5/h6-15H,16H2,1-5H3. The zero-order valence-electron chi connectivity index (χ0n) is 18.5. The highest BCUT2D eigenvalue weighted by Gasteiger charge is 2.22. The van der Waals surface area contributed by atoms with Gasteiger partial charge in [0.25, 0.3) is 0 Å². The average Bonchev–Trinajstić information content (AvgIpc) is 3.07. The predicted molar refractivity (Wildman–Crippen MR) is 124 cm³/mol. The Morgan fingerprint density at radius 1 is 0.968 bits per heavy atom. The van der Waals surface area contributed by atoms with E-state index in [1.807, 2.05) is 56.3 Å². The summed E-state index contributed by atoms with van der Waals surface area (Å²) in [5, 5.41) is 5.55. The largest absolute Gasteiger partial charge is 0.256 e. The molecule has 0 saturated heterocycles. The quantitative estimate of drug-likeness (QED) is 0.438. The summed E-state index contributed by atoms with van der Waals surface area (Å²) in [5.74, 6) is -0.127. The van der Waals surface area contributed by atoms with Crippen molar-refractivity contribution in [3.8, 4) is 5.69 Å². The molecule has 0 N–H and O–H groups in total. The minimum atomic E-state index is -3.53. The molecular weight excluding hydrogens is 406 g/mol. The van der Waals surface area contributed by atoms with Crippen molar-refractivity contribution in [2.75, 3.05) is 0 Å². The number of fused-ring (bicyclic) bond motifs is 1. The third-order valence-electron chi connectivity index (χ3n) is 5.50. The van der Waals surface area contributed by atoms with E-state index in [-0.39, 0.29) is 11.2 Å². The lowest BCUT2D eigenvalue weighted by molar-refractivity contribution is 0.585. The lowest BCUT2D eigenvalue weighted by Gasteiger charge is -2.19. The molecular formula is C25H27N3O2S. The maximum absolute atomic E-state index is 13.2. The van der Waals surface area contributed by atoms with E-state index >= 15 is 0 Å². The van der Waals surface area contributed by atoms with Crippen LogP contribution in [-0.2, 0) is 21.0 Å². The van der Waals surface area contributed by atoms with Crippen molar-refractivity contribution in [3.63, 3.8) is 0 Å². The molecule has 4 aromatic rings. The molecule has 0 aliphatic carbocycles. The summed E-state index contributed by atoms with van der Waals surface area (Å²) in [5.41, 5.74) is 5.26. The molecule has 5 nitrogen and oxygen atoms in total. The van der Waals surface area contributed by atoms with Crippen LogP contribution in [0.5, 0.6) is 0 Å². The first-order valence-electron chi connectivity index (χ1n) is 10.3. The van der Waals surface area contributed by atoms with Crippen LogP contribution in [-0.4, -0.2) is 23.2 Å². The van der Waals surface area contributed by atoms with Gasteiger partial charge in [-0.25, -0.2) is 13.1 Å². The van der Waals surface area contributed by atoms with Gasteiger partial charge >= 0.3 is 0 Å². The zero-order chi connectivity index (χ0) is 22.4. The number of aromatic nitrogens is 3. The molecule has 0 amide bonds. The second-order valence-corrected chi connectivity index (χ2v) is 11.0. The normalized spacial score (nSPS) is 12.4. The fourth-order valence-electron chi connectivity index (χ4n) is 3.79. The first-order chi connectivity index (χ1) is 14.6. The number of benzene rings is 2. The van der Waals surface area contributed by atoms with E-state index in [9.17, 15) is 8.42 Å². The Labute approximate surface area is 183 Å². The smallest absolute Gasteiger partial charge is 0.184 e. The minimum Gasteiger partial charge on any atom is -0.256 e. The fourth-order valence-corrected chi connectivity index (χ4v) is 5.10. The number of hydrogen-bond acceptors (Lipinski definition) is 4. The van der Waals surface area contributed by atoms with Crippen molar-refractivity contribution < 1.29 is 8.42 Å². The summed E-state index contributed by atoms with van der Waals surface area (Å²) in [6.45, 7) is 10.2. The van der Waals surface area contributed by atoms with E-state index in [1.54, 1.807) is 23.0 Å². The molecule has 0 aliphatic rings. The van der Waals surface area contributed by atoms with Crippen LogP contribution in [0.15, 0.2) is 65.7 Å². The van der Waals surface area contributed by atoms with Crippen LogP contribution in [0.2, 0.25) is 0 Å². The van der Waals surface area contributed by atoms with Crippen molar-refractivity contribution in [1.29, 1.82) is 0 Å². The van der Waals surface area contributed by atoms with Gasteiger partial charge in [0.1, 0.15) is 0 Å². The van der Waals surface area contributed by atoms with Crippen LogP contribution in [0.1, 0.15) is 43.3 Å². The summed E-state index contributed by atoms with van der Waals surface area (Å²) < 4.78 is 28.2. The molecule has 2 aromatic heterocycles. The molecule has 0 atom stereocenters. The molecule has 0 fully saturated rings. The van der Waals surface area contributed by atoms with E-state index in [0.717, 1.165) is 33.4 Å². The van der Waals surface area contributed by atoms with E-state index in [0.29, 0.717) is 10.6 Å². The first kappa shape index (κ1) is 21.2. The molecule has 0 radical (unpaired) electrons. The summed E-state index contributed by atoms with van der Waals surface area (Å²) in [4.78, 5) is 4.81. The first-order valence-corrected chi connectivity index (χ1v) is 11.9. The summed E-state index contributed by atoms with van der Waals surface area (Å²) in [7, 11) is -3.53. The molecule has 6 heteroatoms. The molecule has 4 rings (SSSR count). The molecule has 2 heterocycles. The van der Waals surface area contributed by atoms with Gasteiger partial charge in [-0.3, -0.25) is 4.98 Å². The summed E-state index contributed by atoms with van der Waals surface area (Å²) >= 11 is 0. The fraction of sp³-hybridized carbons (Fsp3) is 0.280. The summed E-state index contributed by atoms with van der Waals surface area (Å²) in [6, 6.07) is 16.9. The molecule has 0 unspecified atom stereocenters. The van der Waals surface area contributed by atoms with Gasteiger partial charge in [0.15, 0.2) is 9.84 Å². The maximum Gasteiger partial charge on any atom is 0.184 e. The molecule has 31 heavy (non-hydrogen) atoms. The second kappa shape index (κ2) is 7.61. The highest BCUT2D eigenvalue weighted by atomic mass is 32.2. The Balaban J connectivity index is 1.76. The number of aryl methyl sites for hydroxylation is 2. The van der Waals surface area contributed by atoms with E-state index in [1.165, 1.54) is 0 Å². The third-order valence-corrected chi connectivity index (χ3v) is 7.17. The topological polar surface area (TPSA) is 64.8 Å². The Bertz CT molecular complexity index is 1360. The highest BCUT2D eigenvalue weighted by Crippen LogP contribution is 2.28. The predicted octanol–water partition coefficient (Wildman–Crippen LogP) is 5.31. The van der Waals surface area contributed by atoms with Crippen LogP contribution >= 0.6 is 0 Å². The monoisotopic (exact) mass is 433 g/mol. The lowest BCUT2D eigenvalue weighted by Crippen LogP contribution is -2.13. The Kier molecular flexibility index (Phi) is 5.21. The van der Waals surface area contributed by atoms with E-state index in [4.69, 9.17) is 0 Å². The van der Waals surface area contributed by atoms with Crippen LogP contribution in [0.3, 0.4) is 0 Å². The van der Waals surface area contributed by atoms with E-state index in [2.05, 4.69) is 30.9 Å². The van der Waals surface area contributed by atoms with Crippen LogP contribution in [0, 0.1) is 13.8 Å². The van der Waals surface area contributed by atoms with Crippen molar-refractivity contribution >= 4 is 20.7 Å². The molecule has 0 aliphatic heterocycles. The van der Waals surface area contributed by atoms with Gasteiger partial charge < -0.3 is 0 Å². The number of nitrogens with zero attached hydrogens (tertiary/aromatic N) is 3. The van der Waals surface area contributed by atoms with Crippen LogP contribution in [0.4, 0.5) is 0 Å². The molecule has 0 bridgehead atoms. The van der Waals surface area contributed by atoms with Crippen molar-refractivity contribution in [2.45, 2.75) is 50.7 Å². The lowest BCUT2D eigenvalue weighted by atomic mass is 9.87. The Morgan fingerprint density at radius 2 is 1.68 bits per heavy atom. The van der Waals surface area contributed by atoms with Gasteiger partial charge in [-0.15, -0.1) is 0 Å². The van der Waals surface area contributed by atoms with Crippen LogP contribution < -0.4 is 0 Å². The highest BCUT2D eigenvalue weighted by molar-refractivity contribution is 7.90. The van der Waals surface area contributed by atoms with Gasteiger partial charge in [0.2, 0.25) is 0 Å². The van der Waals surface area contributed by atoms with Crippen molar-refractivity contribution in [3.05, 3.63) is 83.3 Å². The van der Waals surface area contributed by atoms with Gasteiger partial charge in [-0.05, 0) is 66.8 Å². The van der Waals surface area contributed by atoms with E-state index < -0.39 is 9.84 Å². The molecule has 2 aromatic carbocycles. The zero-order valence-corrected chi connectivity index (χ0v) is 19.4. The third kappa shape index (κ3) is 4.12. The van der Waals surface area contributed by atoms with Gasteiger partial charge in [-0.2, -0.15) is 5.10 Å². The van der Waals surface area contributed by atoms with Gasteiger partial charge in [-0.1, -0.05) is 39.0 Å². The SMILES string of the molecule is Cc1cc(CS(=O)(=O)c2ccc(C(C)(C)C)cc2)n(-c2ccc(C)c3ncccc23)n1. The number of sulfone groups is 1. The van der Waals surface area contributed by atoms with Gasteiger partial charge in [0, 0.05) is 11.6 Å². The Hall–Kier alpha value is -2.99. The molecule has 0 saturated carbocycles. The number of rotatable bonds is 4. The van der Waals surface area contributed by atoms with Crippen molar-refractivity contribution in [2.24, 2.45) is 0 Å². The number of pyridine rings is 1. The van der Waals surface area contributed by atoms with Crippen molar-refractivity contribution in [1.82, 2.24) is 14.8 Å². The Morgan fingerprint density at radius 3 is 2.35 bits per heavy atom. The average molecular weight is 434 g/mol.